The summed E-state index contributed by atoms with van der Waals surface area (Å²) < 4.78 is 11.5. The Balaban J connectivity index is 2.04. The Bertz CT molecular complexity index is 682. The molecule has 0 aromatic heterocycles. The van der Waals surface area contributed by atoms with Crippen LogP contribution in [0.15, 0.2) is 48.5 Å². The van der Waals surface area contributed by atoms with E-state index in [2.05, 4.69) is 6.92 Å². The third-order valence-corrected chi connectivity index (χ3v) is 4.45. The van der Waals surface area contributed by atoms with E-state index in [0.717, 1.165) is 36.8 Å². The largest absolute Gasteiger partial charge is 0.493 e. The molecule has 0 radical (unpaired) electrons. The van der Waals surface area contributed by atoms with Crippen LogP contribution < -0.4 is 4.74 Å². The maximum Gasteiger partial charge on any atom is 0.335 e. The van der Waals surface area contributed by atoms with Crippen molar-refractivity contribution in [1.82, 2.24) is 0 Å². The van der Waals surface area contributed by atoms with E-state index in [4.69, 9.17) is 9.47 Å². The second kappa shape index (κ2) is 10.6. The quantitative estimate of drug-likeness (QED) is 0.547. The van der Waals surface area contributed by atoms with Gasteiger partial charge in [-0.3, -0.25) is 0 Å². The zero-order valence-corrected chi connectivity index (χ0v) is 15.6. The summed E-state index contributed by atoms with van der Waals surface area (Å²) in [4.78, 5) is 11.3. The van der Waals surface area contributed by atoms with Crippen LogP contribution in [0.5, 0.6) is 5.75 Å². The van der Waals surface area contributed by atoms with Gasteiger partial charge < -0.3 is 14.6 Å². The van der Waals surface area contributed by atoms with Crippen molar-refractivity contribution in [3.05, 3.63) is 54.1 Å². The van der Waals surface area contributed by atoms with Gasteiger partial charge in [0.15, 0.2) is 0 Å². The van der Waals surface area contributed by atoms with Gasteiger partial charge in [-0.1, -0.05) is 50.1 Å². The number of hydrogen-bond acceptors (Lipinski definition) is 3. The maximum atomic E-state index is 11.3. The molecule has 1 N–H and O–H groups in total. The molecule has 0 saturated carbocycles. The summed E-state index contributed by atoms with van der Waals surface area (Å²) >= 11 is 0. The van der Waals surface area contributed by atoms with Crippen molar-refractivity contribution in [3.8, 4) is 16.9 Å². The number of aromatic carboxylic acids is 1. The van der Waals surface area contributed by atoms with Crippen LogP contribution in [0.4, 0.5) is 0 Å². The van der Waals surface area contributed by atoms with E-state index in [1.807, 2.05) is 36.4 Å². The predicted octanol–water partition coefficient (Wildman–Crippen LogP) is 5.42. The van der Waals surface area contributed by atoms with Crippen molar-refractivity contribution in [2.75, 3.05) is 13.7 Å². The normalized spacial score (nSPS) is 11.9. The van der Waals surface area contributed by atoms with Crippen LogP contribution in [0.3, 0.4) is 0 Å². The van der Waals surface area contributed by atoms with E-state index < -0.39 is 5.97 Å². The number of ether oxygens (including phenoxy) is 2. The van der Waals surface area contributed by atoms with Gasteiger partial charge in [0.2, 0.25) is 0 Å². The van der Waals surface area contributed by atoms with E-state index in [-0.39, 0.29) is 11.7 Å². The maximum absolute atomic E-state index is 11.3. The molecule has 26 heavy (non-hydrogen) atoms. The highest BCUT2D eigenvalue weighted by atomic mass is 16.5. The fourth-order valence-corrected chi connectivity index (χ4v) is 2.94. The molecule has 0 heterocycles. The van der Waals surface area contributed by atoms with Gasteiger partial charge in [-0.15, -0.1) is 0 Å². The highest BCUT2D eigenvalue weighted by Crippen LogP contribution is 2.31. The second-order valence-corrected chi connectivity index (χ2v) is 6.37. The summed E-state index contributed by atoms with van der Waals surface area (Å²) in [5, 5.41) is 9.26. The monoisotopic (exact) mass is 356 g/mol. The van der Waals surface area contributed by atoms with Gasteiger partial charge in [-0.05, 0) is 43.0 Å². The van der Waals surface area contributed by atoms with Crippen LogP contribution >= 0.6 is 0 Å². The van der Waals surface area contributed by atoms with E-state index in [1.165, 1.54) is 6.42 Å². The standard InChI is InChI=1S/C22H28O4/c1-3-4-11-19(25-2)12-8-15-26-21-16-18(22(23)24)13-14-20(21)17-9-6-5-7-10-17/h5-7,9-10,13-14,16,19H,3-4,8,11-12,15H2,1-2H3,(H,23,24). The average molecular weight is 356 g/mol. The first-order chi connectivity index (χ1) is 12.7. The average Bonchev–Trinajstić information content (AvgIpc) is 2.68. The van der Waals surface area contributed by atoms with Crippen LogP contribution in [0.25, 0.3) is 11.1 Å². The molecule has 0 spiro atoms. The molecule has 1 unspecified atom stereocenters. The van der Waals surface area contributed by atoms with Crippen molar-refractivity contribution < 1.29 is 19.4 Å². The summed E-state index contributed by atoms with van der Waals surface area (Å²) in [5.74, 6) is -0.341. The number of hydrogen-bond donors (Lipinski definition) is 1. The lowest BCUT2D eigenvalue weighted by atomic mass is 10.0. The lowest BCUT2D eigenvalue weighted by molar-refractivity contribution is 0.0696. The number of rotatable bonds is 11. The summed E-state index contributed by atoms with van der Waals surface area (Å²) in [5.41, 5.74) is 2.15. The Kier molecular flexibility index (Phi) is 8.16. The molecule has 0 saturated heterocycles. The molecule has 1 atom stereocenters. The molecule has 0 amide bonds. The molecular weight excluding hydrogens is 328 g/mol. The van der Waals surface area contributed by atoms with Crippen LogP contribution in [0.1, 0.15) is 49.4 Å². The third-order valence-electron chi connectivity index (χ3n) is 4.45. The minimum absolute atomic E-state index is 0.234. The molecule has 0 aliphatic rings. The fraction of sp³-hybridized carbons (Fsp3) is 0.409. The van der Waals surface area contributed by atoms with Gasteiger partial charge in [0.1, 0.15) is 5.75 Å². The SMILES string of the molecule is CCCCC(CCCOc1cc(C(=O)O)ccc1-c1ccccc1)OC. The van der Waals surface area contributed by atoms with Gasteiger partial charge in [-0.2, -0.15) is 0 Å². The Hall–Kier alpha value is -2.33. The Morgan fingerprint density at radius 3 is 2.46 bits per heavy atom. The smallest absolute Gasteiger partial charge is 0.335 e. The Morgan fingerprint density at radius 1 is 1.08 bits per heavy atom. The Morgan fingerprint density at radius 2 is 1.81 bits per heavy atom. The number of benzene rings is 2. The van der Waals surface area contributed by atoms with E-state index in [9.17, 15) is 9.90 Å². The minimum atomic E-state index is -0.950. The zero-order chi connectivity index (χ0) is 18.8. The zero-order valence-electron chi connectivity index (χ0n) is 15.6. The lowest BCUT2D eigenvalue weighted by Crippen LogP contribution is -2.12. The van der Waals surface area contributed by atoms with Gasteiger partial charge in [0.25, 0.3) is 0 Å². The molecule has 0 aliphatic carbocycles. The van der Waals surface area contributed by atoms with E-state index in [0.29, 0.717) is 12.4 Å². The third kappa shape index (κ3) is 5.88. The minimum Gasteiger partial charge on any atom is -0.493 e. The highest BCUT2D eigenvalue weighted by molar-refractivity contribution is 5.89. The molecule has 4 heteroatoms. The van der Waals surface area contributed by atoms with Crippen molar-refractivity contribution in [2.45, 2.75) is 45.1 Å². The van der Waals surface area contributed by atoms with Crippen LogP contribution in [-0.4, -0.2) is 30.9 Å². The van der Waals surface area contributed by atoms with Crippen molar-refractivity contribution in [1.29, 1.82) is 0 Å². The molecular formula is C22H28O4. The first kappa shape index (κ1) is 20.0. The molecule has 0 fully saturated rings. The summed E-state index contributed by atoms with van der Waals surface area (Å²) in [6.07, 6.45) is 5.47. The van der Waals surface area contributed by atoms with Crippen molar-refractivity contribution >= 4 is 5.97 Å². The molecule has 0 bridgehead atoms. The van der Waals surface area contributed by atoms with Gasteiger partial charge >= 0.3 is 5.97 Å². The number of unbranched alkanes of at least 4 members (excludes halogenated alkanes) is 1. The van der Waals surface area contributed by atoms with Crippen molar-refractivity contribution in [2.24, 2.45) is 0 Å². The predicted molar refractivity (Wildman–Crippen MR) is 104 cm³/mol. The topological polar surface area (TPSA) is 55.8 Å². The number of carboxylic acids is 1. The summed E-state index contributed by atoms with van der Waals surface area (Å²) in [6.45, 7) is 2.71. The molecule has 2 aromatic rings. The highest BCUT2D eigenvalue weighted by Gasteiger charge is 2.12. The van der Waals surface area contributed by atoms with E-state index >= 15 is 0 Å². The molecule has 4 nitrogen and oxygen atoms in total. The summed E-state index contributed by atoms with van der Waals surface area (Å²) in [7, 11) is 1.75. The first-order valence-corrected chi connectivity index (χ1v) is 9.24. The van der Waals surface area contributed by atoms with Crippen LogP contribution in [-0.2, 0) is 4.74 Å². The summed E-state index contributed by atoms with van der Waals surface area (Å²) in [6, 6.07) is 14.9. The van der Waals surface area contributed by atoms with Gasteiger partial charge in [-0.25, -0.2) is 4.79 Å². The molecule has 0 aliphatic heterocycles. The fourth-order valence-electron chi connectivity index (χ4n) is 2.94. The second-order valence-electron chi connectivity index (χ2n) is 6.37. The number of carboxylic acid groups (broad SMARTS) is 1. The van der Waals surface area contributed by atoms with Crippen LogP contribution in [0, 0.1) is 0 Å². The number of carbonyl (C=O) groups is 1. The van der Waals surface area contributed by atoms with Gasteiger partial charge in [0.05, 0.1) is 18.3 Å². The molecule has 140 valence electrons. The van der Waals surface area contributed by atoms with Gasteiger partial charge in [0, 0.05) is 12.7 Å². The number of methoxy groups -OCH3 is 1. The van der Waals surface area contributed by atoms with Crippen LogP contribution in [0.2, 0.25) is 0 Å². The van der Waals surface area contributed by atoms with E-state index in [1.54, 1.807) is 19.2 Å². The molecule has 2 rings (SSSR count). The Labute approximate surface area is 155 Å². The van der Waals surface area contributed by atoms with Crippen molar-refractivity contribution in [3.63, 3.8) is 0 Å². The lowest BCUT2D eigenvalue weighted by Gasteiger charge is -2.16. The molecule has 2 aromatic carbocycles. The first-order valence-electron chi connectivity index (χ1n) is 9.24.